The highest BCUT2D eigenvalue weighted by Crippen LogP contribution is 2.42. The fourth-order valence-corrected chi connectivity index (χ4v) is 6.22. The van der Waals surface area contributed by atoms with E-state index in [9.17, 15) is 23.1 Å². The van der Waals surface area contributed by atoms with Gasteiger partial charge in [0.2, 0.25) is 0 Å². The zero-order valence-electron chi connectivity index (χ0n) is 17.3. The fraction of sp³-hybridized carbons (Fsp3) is 0.304. The first-order chi connectivity index (χ1) is 15.2. The van der Waals surface area contributed by atoms with E-state index in [1.54, 1.807) is 48.5 Å². The lowest BCUT2D eigenvalue weighted by atomic mass is 9.94. The van der Waals surface area contributed by atoms with Gasteiger partial charge < -0.3 is 14.7 Å². The SMILES string of the molecule is CCOc1cccc(C(O)=C2C(=O)C(=O)N([C@H]3CCS(=O)(=O)C3)[C@H]2c2ccc(Br)cc2)c1. The van der Waals surface area contributed by atoms with Gasteiger partial charge >= 0.3 is 0 Å². The quantitative estimate of drug-likeness (QED) is 0.368. The van der Waals surface area contributed by atoms with Gasteiger partial charge in [-0.2, -0.15) is 0 Å². The maximum atomic E-state index is 13.1. The maximum Gasteiger partial charge on any atom is 0.295 e. The van der Waals surface area contributed by atoms with Crippen LogP contribution in [0.5, 0.6) is 5.75 Å². The molecule has 0 spiro atoms. The van der Waals surface area contributed by atoms with Crippen LogP contribution in [0.2, 0.25) is 0 Å². The molecule has 7 nitrogen and oxygen atoms in total. The van der Waals surface area contributed by atoms with Gasteiger partial charge in [0, 0.05) is 16.1 Å². The second kappa shape index (κ2) is 8.71. The fourth-order valence-electron chi connectivity index (χ4n) is 4.25. The molecule has 0 unspecified atom stereocenters. The molecule has 0 aliphatic carbocycles. The van der Waals surface area contributed by atoms with Crippen molar-refractivity contribution in [3.8, 4) is 5.75 Å². The summed E-state index contributed by atoms with van der Waals surface area (Å²) < 4.78 is 30.5. The number of amides is 1. The first-order valence-corrected chi connectivity index (χ1v) is 12.8. The van der Waals surface area contributed by atoms with Gasteiger partial charge in [0.25, 0.3) is 11.7 Å². The number of hydrogen-bond acceptors (Lipinski definition) is 6. The highest BCUT2D eigenvalue weighted by Gasteiger charge is 2.50. The number of ether oxygens (including phenoxy) is 1. The van der Waals surface area contributed by atoms with E-state index in [-0.39, 0.29) is 29.3 Å². The van der Waals surface area contributed by atoms with Crippen molar-refractivity contribution in [2.45, 2.75) is 25.4 Å². The van der Waals surface area contributed by atoms with Crippen LogP contribution in [-0.4, -0.2) is 54.3 Å². The molecule has 2 aliphatic heterocycles. The minimum atomic E-state index is -3.30. The van der Waals surface area contributed by atoms with E-state index in [0.29, 0.717) is 23.5 Å². The van der Waals surface area contributed by atoms with Crippen LogP contribution in [0, 0.1) is 0 Å². The number of hydrogen-bond donors (Lipinski definition) is 1. The molecule has 32 heavy (non-hydrogen) atoms. The van der Waals surface area contributed by atoms with E-state index >= 15 is 0 Å². The number of carbonyl (C=O) groups excluding carboxylic acids is 2. The van der Waals surface area contributed by atoms with Crippen molar-refractivity contribution in [2.24, 2.45) is 0 Å². The predicted octanol–water partition coefficient (Wildman–Crippen LogP) is 3.46. The van der Waals surface area contributed by atoms with Gasteiger partial charge in [0.05, 0.1) is 29.7 Å². The smallest absolute Gasteiger partial charge is 0.295 e. The van der Waals surface area contributed by atoms with Crippen LogP contribution in [0.3, 0.4) is 0 Å². The molecule has 0 bridgehead atoms. The zero-order valence-corrected chi connectivity index (χ0v) is 19.7. The van der Waals surface area contributed by atoms with Crippen LogP contribution in [0.1, 0.15) is 30.5 Å². The number of sulfone groups is 1. The van der Waals surface area contributed by atoms with Crippen LogP contribution < -0.4 is 4.74 Å². The second-order valence-corrected chi connectivity index (χ2v) is 10.9. The van der Waals surface area contributed by atoms with Crippen LogP contribution >= 0.6 is 15.9 Å². The first-order valence-electron chi connectivity index (χ1n) is 10.2. The highest BCUT2D eigenvalue weighted by molar-refractivity contribution is 9.10. The molecule has 4 rings (SSSR count). The van der Waals surface area contributed by atoms with Gasteiger partial charge in [-0.05, 0) is 43.2 Å². The minimum absolute atomic E-state index is 0.0376. The molecule has 0 aromatic heterocycles. The lowest BCUT2D eigenvalue weighted by Crippen LogP contribution is -2.40. The molecule has 9 heteroatoms. The maximum absolute atomic E-state index is 13.1. The highest BCUT2D eigenvalue weighted by atomic mass is 79.9. The normalized spacial score (nSPS) is 24.1. The summed E-state index contributed by atoms with van der Waals surface area (Å²) in [6.07, 6.45) is 0.252. The summed E-state index contributed by atoms with van der Waals surface area (Å²) in [5.74, 6) is -1.67. The first kappa shape index (κ1) is 22.5. The number of nitrogens with zero attached hydrogens (tertiary/aromatic N) is 1. The summed E-state index contributed by atoms with van der Waals surface area (Å²) in [4.78, 5) is 27.5. The van der Waals surface area contributed by atoms with Gasteiger partial charge in [-0.1, -0.05) is 40.2 Å². The van der Waals surface area contributed by atoms with Crippen LogP contribution in [0.15, 0.2) is 58.6 Å². The van der Waals surface area contributed by atoms with Crippen molar-refractivity contribution in [3.05, 3.63) is 69.7 Å². The number of carbonyl (C=O) groups is 2. The average molecular weight is 520 g/mol. The number of halogens is 1. The molecule has 2 aromatic carbocycles. The number of likely N-dealkylation sites (tertiary alicyclic amines) is 1. The number of Topliss-reactive ketones (excluding diaryl/α,β-unsaturated/α-hetero) is 1. The van der Waals surface area contributed by atoms with E-state index in [4.69, 9.17) is 4.74 Å². The number of benzene rings is 2. The van der Waals surface area contributed by atoms with E-state index in [1.165, 1.54) is 4.90 Å². The Morgan fingerprint density at radius 2 is 1.91 bits per heavy atom. The molecule has 2 aromatic rings. The summed E-state index contributed by atoms with van der Waals surface area (Å²) in [5.41, 5.74) is 0.893. The third-order valence-electron chi connectivity index (χ3n) is 5.69. The van der Waals surface area contributed by atoms with E-state index < -0.39 is 33.6 Å². The zero-order chi connectivity index (χ0) is 23.0. The van der Waals surface area contributed by atoms with Crippen molar-refractivity contribution >= 4 is 43.2 Å². The molecule has 2 saturated heterocycles. The van der Waals surface area contributed by atoms with Gasteiger partial charge in [-0.25, -0.2) is 8.42 Å². The molecule has 2 aliphatic rings. The van der Waals surface area contributed by atoms with Crippen LogP contribution in [-0.2, 0) is 19.4 Å². The molecular weight excluding hydrogens is 498 g/mol. The second-order valence-electron chi connectivity index (χ2n) is 7.78. The predicted molar refractivity (Wildman–Crippen MR) is 123 cm³/mol. The number of aliphatic hydroxyl groups excluding tert-OH is 1. The topological polar surface area (TPSA) is 101 Å². The van der Waals surface area contributed by atoms with E-state index in [1.807, 2.05) is 6.92 Å². The van der Waals surface area contributed by atoms with Gasteiger partial charge in [-0.15, -0.1) is 0 Å². The molecule has 2 heterocycles. The monoisotopic (exact) mass is 519 g/mol. The lowest BCUT2D eigenvalue weighted by Gasteiger charge is -2.30. The Morgan fingerprint density at radius 1 is 1.19 bits per heavy atom. The van der Waals surface area contributed by atoms with Crippen LogP contribution in [0.25, 0.3) is 5.76 Å². The van der Waals surface area contributed by atoms with Gasteiger partial charge in [0.15, 0.2) is 9.84 Å². The standard InChI is InChI=1S/C23H22BrNO6S/c1-2-31-18-5-3-4-15(12-18)21(26)19-20(14-6-8-16(24)9-7-14)25(23(28)22(19)27)17-10-11-32(29,30)13-17/h3-9,12,17,20,26H,2,10-11,13H2,1H3/t17-,20-/m0/s1. The molecule has 0 radical (unpaired) electrons. The summed E-state index contributed by atoms with van der Waals surface area (Å²) in [7, 11) is -3.30. The Labute approximate surface area is 194 Å². The molecule has 2 fully saturated rings. The van der Waals surface area contributed by atoms with Crippen molar-refractivity contribution in [1.82, 2.24) is 4.90 Å². The number of aliphatic hydroxyl groups is 1. The van der Waals surface area contributed by atoms with Crippen molar-refractivity contribution in [3.63, 3.8) is 0 Å². The largest absolute Gasteiger partial charge is 0.507 e. The summed E-state index contributed by atoms with van der Waals surface area (Å²) >= 11 is 3.38. The number of ketones is 1. The summed E-state index contributed by atoms with van der Waals surface area (Å²) in [6.45, 7) is 2.27. The van der Waals surface area contributed by atoms with Crippen molar-refractivity contribution in [1.29, 1.82) is 0 Å². The third-order valence-corrected chi connectivity index (χ3v) is 7.97. The lowest BCUT2D eigenvalue weighted by molar-refractivity contribution is -0.141. The Kier molecular flexibility index (Phi) is 6.13. The molecule has 1 amide bonds. The molecule has 0 saturated carbocycles. The third kappa shape index (κ3) is 4.19. The summed E-state index contributed by atoms with van der Waals surface area (Å²) in [6, 6.07) is 12.2. The molecule has 1 N–H and O–H groups in total. The van der Waals surface area contributed by atoms with Crippen molar-refractivity contribution < 1.29 is 27.9 Å². The van der Waals surface area contributed by atoms with Gasteiger partial charge in [0.1, 0.15) is 11.5 Å². The van der Waals surface area contributed by atoms with Crippen LogP contribution in [0.4, 0.5) is 0 Å². The van der Waals surface area contributed by atoms with E-state index in [0.717, 1.165) is 4.47 Å². The minimum Gasteiger partial charge on any atom is -0.507 e. The Morgan fingerprint density at radius 3 is 2.53 bits per heavy atom. The van der Waals surface area contributed by atoms with Crippen molar-refractivity contribution in [2.75, 3.05) is 18.1 Å². The molecular formula is C23H22BrNO6S. The Hall–Kier alpha value is -2.65. The molecule has 2 atom stereocenters. The van der Waals surface area contributed by atoms with E-state index in [2.05, 4.69) is 15.9 Å². The van der Waals surface area contributed by atoms with Gasteiger partial charge in [-0.3, -0.25) is 9.59 Å². The Bertz CT molecular complexity index is 1210. The number of rotatable bonds is 5. The molecule has 168 valence electrons. The Balaban J connectivity index is 1.87. The summed E-state index contributed by atoms with van der Waals surface area (Å²) in [5, 5.41) is 11.1. The average Bonchev–Trinajstić information content (AvgIpc) is 3.25.